The number of hydrogen-bond donors (Lipinski definition) is 1. The zero-order valence-corrected chi connectivity index (χ0v) is 9.34. The van der Waals surface area contributed by atoms with E-state index in [1.807, 2.05) is 25.1 Å². The summed E-state index contributed by atoms with van der Waals surface area (Å²) in [5.74, 6) is 0.785. The van der Waals surface area contributed by atoms with Gasteiger partial charge in [-0.1, -0.05) is 12.1 Å². The second kappa shape index (κ2) is 4.54. The molecule has 0 saturated heterocycles. The molecule has 2 aromatic rings. The highest BCUT2D eigenvalue weighted by atomic mass is 16.5. The molecule has 0 spiro atoms. The van der Waals surface area contributed by atoms with E-state index in [1.165, 1.54) is 0 Å². The summed E-state index contributed by atoms with van der Waals surface area (Å²) in [7, 11) is 0. The van der Waals surface area contributed by atoms with Gasteiger partial charge in [-0.2, -0.15) is 5.26 Å². The van der Waals surface area contributed by atoms with Crippen molar-refractivity contribution >= 4 is 5.69 Å². The van der Waals surface area contributed by atoms with Crippen molar-refractivity contribution in [3.05, 3.63) is 47.7 Å². The van der Waals surface area contributed by atoms with Crippen molar-refractivity contribution in [3.8, 4) is 17.7 Å². The van der Waals surface area contributed by atoms with Gasteiger partial charge in [-0.25, -0.2) is 4.98 Å². The average molecular weight is 225 g/mol. The summed E-state index contributed by atoms with van der Waals surface area (Å²) in [6.45, 7) is 1.84. The topological polar surface area (TPSA) is 71.9 Å². The van der Waals surface area contributed by atoms with Gasteiger partial charge in [-0.15, -0.1) is 0 Å². The van der Waals surface area contributed by atoms with Gasteiger partial charge in [0.05, 0.1) is 5.69 Å². The lowest BCUT2D eigenvalue weighted by Crippen LogP contribution is -1.96. The van der Waals surface area contributed by atoms with Crippen molar-refractivity contribution in [2.24, 2.45) is 0 Å². The Balaban J connectivity index is 2.40. The molecular formula is C13H11N3O. The molecule has 0 aliphatic heterocycles. The van der Waals surface area contributed by atoms with Crippen LogP contribution in [0.5, 0.6) is 11.6 Å². The van der Waals surface area contributed by atoms with Crippen LogP contribution in [-0.2, 0) is 0 Å². The Morgan fingerprint density at radius 3 is 2.71 bits per heavy atom. The molecule has 1 heterocycles. The molecule has 0 atom stereocenters. The molecule has 0 aliphatic rings. The molecule has 0 saturated carbocycles. The lowest BCUT2D eigenvalue weighted by atomic mass is 10.2. The number of benzene rings is 1. The fourth-order valence-corrected chi connectivity index (χ4v) is 1.37. The van der Waals surface area contributed by atoms with Gasteiger partial charge in [-0.3, -0.25) is 0 Å². The molecule has 84 valence electrons. The van der Waals surface area contributed by atoms with E-state index in [9.17, 15) is 0 Å². The van der Waals surface area contributed by atoms with E-state index >= 15 is 0 Å². The lowest BCUT2D eigenvalue weighted by Gasteiger charge is -2.08. The van der Waals surface area contributed by atoms with Crippen molar-refractivity contribution in [1.82, 2.24) is 4.98 Å². The minimum absolute atomic E-state index is 0.283. The molecule has 2 N–H and O–H groups in total. The van der Waals surface area contributed by atoms with Crippen LogP contribution in [-0.4, -0.2) is 4.98 Å². The Labute approximate surface area is 99.3 Å². The molecule has 1 aromatic heterocycles. The van der Waals surface area contributed by atoms with Crippen molar-refractivity contribution in [3.63, 3.8) is 0 Å². The SMILES string of the molecule is Cc1ccc(C#N)c(Oc2ccccc2N)n1. The highest BCUT2D eigenvalue weighted by molar-refractivity contribution is 5.54. The second-order valence-electron chi connectivity index (χ2n) is 3.56. The van der Waals surface area contributed by atoms with Gasteiger partial charge in [-0.05, 0) is 31.2 Å². The smallest absolute Gasteiger partial charge is 0.237 e. The normalized spacial score (nSPS) is 9.65. The molecule has 4 heteroatoms. The zero-order chi connectivity index (χ0) is 12.3. The van der Waals surface area contributed by atoms with Crippen molar-refractivity contribution < 1.29 is 4.74 Å². The summed E-state index contributed by atoms with van der Waals surface area (Å²) in [6.07, 6.45) is 0. The number of nitrogen functional groups attached to an aromatic ring is 1. The predicted molar refractivity (Wildman–Crippen MR) is 64.6 cm³/mol. The average Bonchev–Trinajstić information content (AvgIpc) is 2.32. The summed E-state index contributed by atoms with van der Waals surface area (Å²) in [6, 6.07) is 12.6. The van der Waals surface area contributed by atoms with E-state index in [1.54, 1.807) is 24.3 Å². The number of anilines is 1. The fourth-order valence-electron chi connectivity index (χ4n) is 1.37. The minimum Gasteiger partial charge on any atom is -0.436 e. The monoisotopic (exact) mass is 225 g/mol. The second-order valence-corrected chi connectivity index (χ2v) is 3.56. The number of aromatic nitrogens is 1. The first kappa shape index (κ1) is 11.0. The third-order valence-electron chi connectivity index (χ3n) is 2.25. The van der Waals surface area contributed by atoms with Crippen LogP contribution in [0.1, 0.15) is 11.3 Å². The number of hydrogen-bond acceptors (Lipinski definition) is 4. The van der Waals surface area contributed by atoms with Crippen LogP contribution in [0.3, 0.4) is 0 Å². The van der Waals surface area contributed by atoms with Crippen LogP contribution >= 0.6 is 0 Å². The van der Waals surface area contributed by atoms with Crippen LogP contribution < -0.4 is 10.5 Å². The molecule has 4 nitrogen and oxygen atoms in total. The standard InChI is InChI=1S/C13H11N3O/c1-9-6-7-10(8-14)13(16-9)17-12-5-3-2-4-11(12)15/h2-7H,15H2,1H3. The number of pyridine rings is 1. The number of aryl methyl sites for hydroxylation is 1. The molecule has 17 heavy (non-hydrogen) atoms. The summed E-state index contributed by atoms with van der Waals surface area (Å²) in [5, 5.41) is 8.96. The van der Waals surface area contributed by atoms with Crippen molar-refractivity contribution in [2.75, 3.05) is 5.73 Å². The van der Waals surface area contributed by atoms with E-state index in [0.29, 0.717) is 17.0 Å². The van der Waals surface area contributed by atoms with Gasteiger partial charge in [0, 0.05) is 5.69 Å². The quantitative estimate of drug-likeness (QED) is 0.797. The number of para-hydroxylation sites is 2. The third kappa shape index (κ3) is 2.34. The Morgan fingerprint density at radius 2 is 2.00 bits per heavy atom. The first-order chi connectivity index (χ1) is 8.20. The predicted octanol–water partition coefficient (Wildman–Crippen LogP) is 2.64. The van der Waals surface area contributed by atoms with E-state index in [-0.39, 0.29) is 5.88 Å². The molecule has 1 aromatic carbocycles. The molecule has 0 radical (unpaired) electrons. The van der Waals surface area contributed by atoms with Gasteiger partial charge in [0.25, 0.3) is 0 Å². The van der Waals surface area contributed by atoms with Crippen molar-refractivity contribution in [1.29, 1.82) is 5.26 Å². The molecule has 0 unspecified atom stereocenters. The lowest BCUT2D eigenvalue weighted by molar-refractivity contribution is 0.462. The van der Waals surface area contributed by atoms with E-state index in [0.717, 1.165) is 5.69 Å². The van der Waals surface area contributed by atoms with E-state index < -0.39 is 0 Å². The molecule has 0 aliphatic carbocycles. The Kier molecular flexibility index (Phi) is 2.93. The largest absolute Gasteiger partial charge is 0.436 e. The summed E-state index contributed by atoms with van der Waals surface area (Å²) < 4.78 is 5.55. The maximum Gasteiger partial charge on any atom is 0.237 e. The number of ether oxygens (including phenoxy) is 1. The fraction of sp³-hybridized carbons (Fsp3) is 0.0769. The van der Waals surface area contributed by atoms with Gasteiger partial charge in [0.15, 0.2) is 5.75 Å². The highest BCUT2D eigenvalue weighted by Gasteiger charge is 2.08. The molecule has 2 rings (SSSR count). The van der Waals surface area contributed by atoms with Crippen LogP contribution in [0.15, 0.2) is 36.4 Å². The Bertz CT molecular complexity index is 587. The zero-order valence-electron chi connectivity index (χ0n) is 9.34. The van der Waals surface area contributed by atoms with Crippen LogP contribution in [0.25, 0.3) is 0 Å². The summed E-state index contributed by atoms with van der Waals surface area (Å²) in [4.78, 5) is 4.18. The van der Waals surface area contributed by atoms with Crippen LogP contribution in [0.2, 0.25) is 0 Å². The Morgan fingerprint density at radius 1 is 1.24 bits per heavy atom. The summed E-state index contributed by atoms with van der Waals surface area (Å²) in [5.41, 5.74) is 7.45. The molecular weight excluding hydrogens is 214 g/mol. The first-order valence-corrected chi connectivity index (χ1v) is 5.11. The van der Waals surface area contributed by atoms with Crippen LogP contribution in [0.4, 0.5) is 5.69 Å². The number of nitriles is 1. The highest BCUT2D eigenvalue weighted by Crippen LogP contribution is 2.27. The van der Waals surface area contributed by atoms with Crippen LogP contribution in [0, 0.1) is 18.3 Å². The van der Waals surface area contributed by atoms with E-state index in [4.69, 9.17) is 15.7 Å². The Hall–Kier alpha value is -2.54. The van der Waals surface area contributed by atoms with Gasteiger partial charge in [0.1, 0.15) is 11.6 Å². The van der Waals surface area contributed by atoms with Gasteiger partial charge < -0.3 is 10.5 Å². The summed E-state index contributed by atoms with van der Waals surface area (Å²) >= 11 is 0. The van der Waals surface area contributed by atoms with E-state index in [2.05, 4.69) is 4.98 Å². The third-order valence-corrected chi connectivity index (χ3v) is 2.25. The minimum atomic E-state index is 0.283. The maximum absolute atomic E-state index is 8.96. The number of nitrogens with zero attached hydrogens (tertiary/aromatic N) is 2. The maximum atomic E-state index is 8.96. The molecule has 0 amide bonds. The van der Waals surface area contributed by atoms with Crippen molar-refractivity contribution in [2.45, 2.75) is 6.92 Å². The van der Waals surface area contributed by atoms with Gasteiger partial charge in [0.2, 0.25) is 5.88 Å². The molecule has 0 fully saturated rings. The van der Waals surface area contributed by atoms with Gasteiger partial charge >= 0.3 is 0 Å². The number of rotatable bonds is 2. The molecule has 0 bridgehead atoms. The number of nitrogens with two attached hydrogens (primary N) is 1. The first-order valence-electron chi connectivity index (χ1n) is 5.11.